The maximum Gasteiger partial charge on any atom is 0.303 e. The SMILES string of the molecule is Cn1ccnc1CNCCC(C)(C)CCC(=O)O. The van der Waals surface area contributed by atoms with E-state index in [1.807, 2.05) is 17.8 Å². The van der Waals surface area contributed by atoms with E-state index in [2.05, 4.69) is 24.1 Å². The van der Waals surface area contributed by atoms with Crippen LogP contribution in [0.4, 0.5) is 0 Å². The third kappa shape index (κ3) is 5.31. The Hall–Kier alpha value is -1.36. The van der Waals surface area contributed by atoms with Crippen LogP contribution in [0.1, 0.15) is 38.9 Å². The van der Waals surface area contributed by atoms with Crippen LogP contribution in [0.25, 0.3) is 0 Å². The molecule has 1 aromatic heterocycles. The predicted molar refractivity (Wildman–Crippen MR) is 70.2 cm³/mol. The number of rotatable bonds is 8. The summed E-state index contributed by atoms with van der Waals surface area (Å²) in [4.78, 5) is 14.8. The molecule has 0 aliphatic heterocycles. The number of aromatic nitrogens is 2. The number of nitrogens with one attached hydrogen (secondary N) is 1. The van der Waals surface area contributed by atoms with Gasteiger partial charge in [0.2, 0.25) is 0 Å². The molecule has 0 saturated heterocycles. The van der Waals surface area contributed by atoms with Gasteiger partial charge in [-0.3, -0.25) is 4.79 Å². The number of aliphatic carboxylic acids is 1. The Bertz CT molecular complexity index is 385. The lowest BCUT2D eigenvalue weighted by Crippen LogP contribution is -2.24. The average Bonchev–Trinajstić information content (AvgIpc) is 2.68. The molecule has 0 atom stereocenters. The van der Waals surface area contributed by atoms with E-state index in [4.69, 9.17) is 5.11 Å². The summed E-state index contributed by atoms with van der Waals surface area (Å²) >= 11 is 0. The second-order valence-electron chi connectivity index (χ2n) is 5.44. The highest BCUT2D eigenvalue weighted by Crippen LogP contribution is 2.25. The van der Waals surface area contributed by atoms with Crippen LogP contribution in [0.5, 0.6) is 0 Å². The van der Waals surface area contributed by atoms with E-state index in [-0.39, 0.29) is 11.8 Å². The summed E-state index contributed by atoms with van der Waals surface area (Å²) < 4.78 is 1.99. The number of carboxylic acids is 1. The Kier molecular flexibility index (Phi) is 5.34. The third-order valence-corrected chi connectivity index (χ3v) is 3.20. The van der Waals surface area contributed by atoms with E-state index in [0.717, 1.165) is 25.3 Å². The molecule has 1 aromatic rings. The quantitative estimate of drug-likeness (QED) is 0.693. The van der Waals surface area contributed by atoms with Crippen molar-refractivity contribution in [2.75, 3.05) is 6.54 Å². The van der Waals surface area contributed by atoms with Crippen LogP contribution in [0.3, 0.4) is 0 Å². The zero-order valence-corrected chi connectivity index (χ0v) is 11.4. The normalized spacial score (nSPS) is 11.7. The van der Waals surface area contributed by atoms with E-state index >= 15 is 0 Å². The summed E-state index contributed by atoms with van der Waals surface area (Å²) in [6.07, 6.45) is 5.63. The highest BCUT2D eigenvalue weighted by Gasteiger charge is 2.18. The fraction of sp³-hybridized carbons (Fsp3) is 0.692. The van der Waals surface area contributed by atoms with Crippen molar-refractivity contribution in [1.29, 1.82) is 0 Å². The van der Waals surface area contributed by atoms with Crippen LogP contribution < -0.4 is 5.32 Å². The fourth-order valence-electron chi connectivity index (χ4n) is 1.76. The van der Waals surface area contributed by atoms with Gasteiger partial charge in [0.05, 0.1) is 6.54 Å². The number of nitrogens with zero attached hydrogens (tertiary/aromatic N) is 2. The summed E-state index contributed by atoms with van der Waals surface area (Å²) in [5.74, 6) is 0.294. The lowest BCUT2D eigenvalue weighted by Gasteiger charge is -2.23. The molecule has 0 amide bonds. The van der Waals surface area contributed by atoms with Crippen molar-refractivity contribution in [3.05, 3.63) is 18.2 Å². The standard InChI is InChI=1S/C13H23N3O2/c1-13(2,5-4-12(17)18)6-7-14-10-11-15-8-9-16(11)3/h8-9,14H,4-7,10H2,1-3H3,(H,17,18). The summed E-state index contributed by atoms with van der Waals surface area (Å²) in [6, 6.07) is 0. The van der Waals surface area contributed by atoms with Gasteiger partial charge in [0, 0.05) is 25.9 Å². The summed E-state index contributed by atoms with van der Waals surface area (Å²) in [5.41, 5.74) is 0.0625. The molecule has 0 saturated carbocycles. The molecule has 0 aliphatic carbocycles. The van der Waals surface area contributed by atoms with Gasteiger partial charge in [0.25, 0.3) is 0 Å². The number of imidazole rings is 1. The van der Waals surface area contributed by atoms with Crippen molar-refractivity contribution in [3.63, 3.8) is 0 Å². The van der Waals surface area contributed by atoms with Crippen LogP contribution in [0.2, 0.25) is 0 Å². The molecular formula is C13H23N3O2. The van der Waals surface area contributed by atoms with Gasteiger partial charge >= 0.3 is 5.97 Å². The molecule has 5 heteroatoms. The van der Waals surface area contributed by atoms with Crippen molar-refractivity contribution < 1.29 is 9.90 Å². The van der Waals surface area contributed by atoms with Gasteiger partial charge in [-0.25, -0.2) is 4.98 Å². The van der Waals surface area contributed by atoms with Crippen molar-refractivity contribution in [1.82, 2.24) is 14.9 Å². The number of aryl methyl sites for hydroxylation is 1. The number of carboxylic acid groups (broad SMARTS) is 1. The average molecular weight is 253 g/mol. The highest BCUT2D eigenvalue weighted by molar-refractivity contribution is 5.66. The van der Waals surface area contributed by atoms with Crippen molar-refractivity contribution in [2.24, 2.45) is 12.5 Å². The molecule has 0 fully saturated rings. The predicted octanol–water partition coefficient (Wildman–Crippen LogP) is 1.79. The summed E-state index contributed by atoms with van der Waals surface area (Å²) in [6.45, 7) is 5.84. The maximum absolute atomic E-state index is 10.5. The van der Waals surface area contributed by atoms with Gasteiger partial charge in [-0.05, 0) is 24.8 Å². The van der Waals surface area contributed by atoms with Gasteiger partial charge in [-0.15, -0.1) is 0 Å². The fourth-order valence-corrected chi connectivity index (χ4v) is 1.76. The van der Waals surface area contributed by atoms with Crippen molar-refractivity contribution >= 4 is 5.97 Å². The molecule has 0 aliphatic rings. The Labute approximate surface area is 108 Å². The van der Waals surface area contributed by atoms with E-state index in [1.54, 1.807) is 6.20 Å². The zero-order valence-electron chi connectivity index (χ0n) is 11.4. The Balaban J connectivity index is 2.20. The van der Waals surface area contributed by atoms with Crippen LogP contribution in [-0.2, 0) is 18.4 Å². The smallest absolute Gasteiger partial charge is 0.303 e. The van der Waals surface area contributed by atoms with E-state index in [1.165, 1.54) is 0 Å². The molecule has 0 aromatic carbocycles. The molecule has 0 unspecified atom stereocenters. The minimum absolute atomic E-state index is 0.0625. The minimum Gasteiger partial charge on any atom is -0.481 e. The second-order valence-corrected chi connectivity index (χ2v) is 5.44. The molecule has 5 nitrogen and oxygen atoms in total. The Morgan fingerprint density at radius 3 is 2.78 bits per heavy atom. The zero-order chi connectivity index (χ0) is 13.6. The molecule has 2 N–H and O–H groups in total. The second kappa shape index (κ2) is 6.54. The third-order valence-electron chi connectivity index (χ3n) is 3.20. The topological polar surface area (TPSA) is 67.2 Å². The van der Waals surface area contributed by atoms with Gasteiger partial charge in [-0.2, -0.15) is 0 Å². The van der Waals surface area contributed by atoms with Gasteiger partial charge < -0.3 is 15.0 Å². The molecule has 0 bridgehead atoms. The Morgan fingerprint density at radius 2 is 2.22 bits per heavy atom. The van der Waals surface area contributed by atoms with E-state index < -0.39 is 5.97 Å². The van der Waals surface area contributed by atoms with E-state index in [9.17, 15) is 4.79 Å². The van der Waals surface area contributed by atoms with Gasteiger partial charge in [-0.1, -0.05) is 13.8 Å². The lowest BCUT2D eigenvalue weighted by atomic mass is 9.84. The number of carbonyl (C=O) groups is 1. The van der Waals surface area contributed by atoms with Crippen LogP contribution >= 0.6 is 0 Å². The first-order valence-electron chi connectivity index (χ1n) is 6.29. The monoisotopic (exact) mass is 253 g/mol. The molecule has 18 heavy (non-hydrogen) atoms. The van der Waals surface area contributed by atoms with E-state index in [0.29, 0.717) is 6.42 Å². The van der Waals surface area contributed by atoms with Gasteiger partial charge in [0.1, 0.15) is 5.82 Å². The van der Waals surface area contributed by atoms with Crippen LogP contribution in [0, 0.1) is 5.41 Å². The summed E-state index contributed by atoms with van der Waals surface area (Å²) in [5, 5.41) is 12.0. The minimum atomic E-state index is -0.718. The molecule has 0 radical (unpaired) electrons. The van der Waals surface area contributed by atoms with Crippen LogP contribution in [0.15, 0.2) is 12.4 Å². The molecule has 0 spiro atoms. The maximum atomic E-state index is 10.5. The van der Waals surface area contributed by atoms with Crippen molar-refractivity contribution in [3.8, 4) is 0 Å². The number of hydrogen-bond donors (Lipinski definition) is 2. The first kappa shape index (κ1) is 14.7. The van der Waals surface area contributed by atoms with Gasteiger partial charge in [0.15, 0.2) is 0 Å². The highest BCUT2D eigenvalue weighted by atomic mass is 16.4. The summed E-state index contributed by atoms with van der Waals surface area (Å²) in [7, 11) is 1.97. The lowest BCUT2D eigenvalue weighted by molar-refractivity contribution is -0.137. The molecule has 1 heterocycles. The Morgan fingerprint density at radius 1 is 1.50 bits per heavy atom. The first-order valence-corrected chi connectivity index (χ1v) is 6.29. The van der Waals surface area contributed by atoms with Crippen molar-refractivity contribution in [2.45, 2.75) is 39.7 Å². The molecule has 1 rings (SSSR count). The van der Waals surface area contributed by atoms with Crippen LogP contribution in [-0.4, -0.2) is 27.2 Å². The molecule has 102 valence electrons. The molecular weight excluding hydrogens is 230 g/mol. The number of hydrogen-bond acceptors (Lipinski definition) is 3. The largest absolute Gasteiger partial charge is 0.481 e. The first-order chi connectivity index (χ1) is 8.41.